The number of nitrogens with zero attached hydrogens (tertiary/aromatic N) is 1. The molecule has 1 heterocycles. The average molecular weight is 261 g/mol. The van der Waals surface area contributed by atoms with Crippen molar-refractivity contribution in [2.75, 3.05) is 19.8 Å². The highest BCUT2D eigenvalue weighted by Crippen LogP contribution is 2.11. The maximum atomic E-state index is 12.0. The van der Waals surface area contributed by atoms with Gasteiger partial charge in [-0.2, -0.15) is 5.10 Å². The number of H-pyrrole nitrogens is 1. The Hall–Kier alpha value is -2.21. The number of hydrogen-bond acceptors (Lipinski definition) is 4. The molecule has 0 saturated heterocycles. The molecule has 1 aromatic carbocycles. The number of hydrogen-bond donors (Lipinski definition) is 2. The number of aromatic nitrogens is 2. The molecule has 6 heteroatoms. The van der Waals surface area contributed by atoms with Crippen LogP contribution in [0.15, 0.2) is 29.1 Å². The first-order valence-electron chi connectivity index (χ1n) is 6.07. The van der Waals surface area contributed by atoms with Crippen molar-refractivity contribution in [3.05, 3.63) is 40.3 Å². The van der Waals surface area contributed by atoms with E-state index in [4.69, 9.17) is 4.74 Å². The second-order valence-electron chi connectivity index (χ2n) is 3.90. The van der Waals surface area contributed by atoms with Crippen LogP contribution in [0.5, 0.6) is 0 Å². The summed E-state index contributed by atoms with van der Waals surface area (Å²) in [5, 5.41) is 9.83. The Labute approximate surface area is 109 Å². The first kappa shape index (κ1) is 13.2. The first-order chi connectivity index (χ1) is 9.24. The quantitative estimate of drug-likeness (QED) is 0.775. The molecule has 0 bridgehead atoms. The van der Waals surface area contributed by atoms with Crippen LogP contribution in [0, 0.1) is 0 Å². The van der Waals surface area contributed by atoms with Crippen LogP contribution in [-0.2, 0) is 4.74 Å². The summed E-state index contributed by atoms with van der Waals surface area (Å²) in [6.45, 7) is 3.35. The maximum Gasteiger partial charge on any atom is 0.272 e. The van der Waals surface area contributed by atoms with Crippen LogP contribution in [-0.4, -0.2) is 35.9 Å². The largest absolute Gasteiger partial charge is 0.380 e. The fourth-order valence-electron chi connectivity index (χ4n) is 1.75. The molecule has 0 radical (unpaired) electrons. The van der Waals surface area contributed by atoms with E-state index in [1.54, 1.807) is 24.3 Å². The van der Waals surface area contributed by atoms with Crippen molar-refractivity contribution in [1.29, 1.82) is 0 Å². The van der Waals surface area contributed by atoms with E-state index in [0.717, 1.165) is 0 Å². The number of rotatable bonds is 5. The summed E-state index contributed by atoms with van der Waals surface area (Å²) < 4.78 is 5.13. The molecular formula is C13H15N3O3. The Morgan fingerprint density at radius 3 is 2.84 bits per heavy atom. The lowest BCUT2D eigenvalue weighted by atomic mass is 10.1. The van der Waals surface area contributed by atoms with Gasteiger partial charge in [-0.05, 0) is 13.0 Å². The summed E-state index contributed by atoms with van der Waals surface area (Å²) >= 11 is 0. The topological polar surface area (TPSA) is 84.1 Å². The third-order valence-electron chi connectivity index (χ3n) is 2.65. The van der Waals surface area contributed by atoms with Crippen LogP contribution < -0.4 is 10.9 Å². The van der Waals surface area contributed by atoms with Crippen LogP contribution >= 0.6 is 0 Å². The Morgan fingerprint density at radius 1 is 1.37 bits per heavy atom. The number of benzene rings is 1. The predicted octanol–water partition coefficient (Wildman–Crippen LogP) is 0.689. The van der Waals surface area contributed by atoms with E-state index >= 15 is 0 Å². The van der Waals surface area contributed by atoms with Crippen molar-refractivity contribution >= 4 is 16.7 Å². The van der Waals surface area contributed by atoms with Gasteiger partial charge in [-0.15, -0.1) is 0 Å². The van der Waals surface area contributed by atoms with Crippen molar-refractivity contribution in [2.45, 2.75) is 6.92 Å². The van der Waals surface area contributed by atoms with Crippen molar-refractivity contribution in [3.63, 3.8) is 0 Å². The molecule has 0 fully saturated rings. The Balaban J connectivity index is 2.23. The first-order valence-corrected chi connectivity index (χ1v) is 6.07. The molecular weight excluding hydrogens is 246 g/mol. The fraction of sp³-hybridized carbons (Fsp3) is 0.308. The molecule has 0 spiro atoms. The van der Waals surface area contributed by atoms with Gasteiger partial charge in [-0.3, -0.25) is 9.59 Å². The molecule has 100 valence electrons. The van der Waals surface area contributed by atoms with E-state index in [2.05, 4.69) is 15.5 Å². The Morgan fingerprint density at radius 2 is 2.11 bits per heavy atom. The number of aromatic amines is 1. The fourth-order valence-corrected chi connectivity index (χ4v) is 1.75. The van der Waals surface area contributed by atoms with E-state index in [-0.39, 0.29) is 17.2 Å². The van der Waals surface area contributed by atoms with E-state index in [0.29, 0.717) is 30.5 Å². The lowest BCUT2D eigenvalue weighted by molar-refractivity contribution is 0.0918. The molecule has 1 amide bonds. The third-order valence-corrected chi connectivity index (χ3v) is 2.65. The molecule has 0 atom stereocenters. The molecule has 2 rings (SSSR count). The van der Waals surface area contributed by atoms with Crippen LogP contribution in [0.3, 0.4) is 0 Å². The monoisotopic (exact) mass is 261 g/mol. The zero-order valence-corrected chi connectivity index (χ0v) is 10.6. The molecule has 19 heavy (non-hydrogen) atoms. The normalized spacial score (nSPS) is 10.6. The van der Waals surface area contributed by atoms with Crippen molar-refractivity contribution < 1.29 is 9.53 Å². The smallest absolute Gasteiger partial charge is 0.272 e. The van der Waals surface area contributed by atoms with E-state index in [1.165, 1.54) is 0 Å². The SMILES string of the molecule is CCOCCNC(=O)c1n[nH]c(=O)c2ccccc12. The minimum absolute atomic E-state index is 0.215. The van der Waals surface area contributed by atoms with Gasteiger partial charge >= 0.3 is 0 Å². The van der Waals surface area contributed by atoms with E-state index in [1.807, 2.05) is 6.92 Å². The summed E-state index contributed by atoms with van der Waals surface area (Å²) in [7, 11) is 0. The molecule has 0 saturated carbocycles. The lowest BCUT2D eigenvalue weighted by Crippen LogP contribution is -2.29. The molecule has 0 unspecified atom stereocenters. The minimum Gasteiger partial charge on any atom is -0.380 e. The molecule has 6 nitrogen and oxygen atoms in total. The lowest BCUT2D eigenvalue weighted by Gasteiger charge is -2.06. The minimum atomic E-state index is -0.327. The number of carbonyl (C=O) groups is 1. The highest BCUT2D eigenvalue weighted by atomic mass is 16.5. The van der Waals surface area contributed by atoms with Crippen molar-refractivity contribution in [2.24, 2.45) is 0 Å². The molecule has 2 aromatic rings. The van der Waals surface area contributed by atoms with Gasteiger partial charge in [0.2, 0.25) is 0 Å². The summed E-state index contributed by atoms with van der Waals surface area (Å²) in [5.41, 5.74) is -0.0897. The zero-order valence-electron chi connectivity index (χ0n) is 10.6. The number of carbonyl (C=O) groups excluding carboxylic acids is 1. The summed E-state index contributed by atoms with van der Waals surface area (Å²) in [4.78, 5) is 23.6. The predicted molar refractivity (Wildman–Crippen MR) is 71.2 cm³/mol. The van der Waals surface area contributed by atoms with Crippen LogP contribution in [0.4, 0.5) is 0 Å². The van der Waals surface area contributed by atoms with Crippen molar-refractivity contribution in [3.8, 4) is 0 Å². The second kappa shape index (κ2) is 6.10. The third kappa shape index (κ3) is 2.97. The summed E-state index contributed by atoms with van der Waals surface area (Å²) in [5.74, 6) is -0.327. The standard InChI is InChI=1S/C13H15N3O3/c1-2-19-8-7-14-13(18)11-9-5-3-4-6-10(9)12(17)16-15-11/h3-6H,2,7-8H2,1H3,(H,14,18)(H,16,17). The van der Waals surface area contributed by atoms with Crippen LogP contribution in [0.25, 0.3) is 10.8 Å². The van der Waals surface area contributed by atoms with E-state index in [9.17, 15) is 9.59 Å². The van der Waals surface area contributed by atoms with Gasteiger partial charge in [0.15, 0.2) is 5.69 Å². The molecule has 0 aliphatic rings. The summed E-state index contributed by atoms with van der Waals surface area (Å²) in [6, 6.07) is 6.87. The molecule has 0 aliphatic carbocycles. The Bertz CT molecular complexity index is 636. The van der Waals surface area contributed by atoms with Gasteiger partial charge < -0.3 is 10.1 Å². The van der Waals surface area contributed by atoms with Crippen LogP contribution in [0.1, 0.15) is 17.4 Å². The van der Waals surface area contributed by atoms with Crippen molar-refractivity contribution in [1.82, 2.24) is 15.5 Å². The maximum absolute atomic E-state index is 12.0. The average Bonchev–Trinajstić information content (AvgIpc) is 2.44. The van der Waals surface area contributed by atoms with Crippen LogP contribution in [0.2, 0.25) is 0 Å². The van der Waals surface area contributed by atoms with Gasteiger partial charge in [0.1, 0.15) is 0 Å². The van der Waals surface area contributed by atoms with Gasteiger partial charge in [-0.25, -0.2) is 5.10 Å². The van der Waals surface area contributed by atoms with E-state index < -0.39 is 0 Å². The van der Waals surface area contributed by atoms with Gasteiger partial charge in [-0.1, -0.05) is 18.2 Å². The number of ether oxygens (including phenoxy) is 1. The molecule has 0 aliphatic heterocycles. The molecule has 1 aromatic heterocycles. The molecule has 2 N–H and O–H groups in total. The summed E-state index contributed by atoms with van der Waals surface area (Å²) in [6.07, 6.45) is 0. The Kier molecular flexibility index (Phi) is 4.25. The van der Waals surface area contributed by atoms with Gasteiger partial charge in [0.05, 0.1) is 12.0 Å². The number of amides is 1. The van der Waals surface area contributed by atoms with Gasteiger partial charge in [0.25, 0.3) is 11.5 Å². The van der Waals surface area contributed by atoms with Gasteiger partial charge in [0, 0.05) is 18.5 Å². The highest BCUT2D eigenvalue weighted by molar-refractivity contribution is 6.04. The number of nitrogens with one attached hydrogen (secondary N) is 2. The highest BCUT2D eigenvalue weighted by Gasteiger charge is 2.12. The number of fused-ring (bicyclic) bond motifs is 1. The second-order valence-corrected chi connectivity index (χ2v) is 3.90. The zero-order chi connectivity index (χ0) is 13.7.